The topological polar surface area (TPSA) is 96.7 Å². The average molecular weight is 516 g/mol. The molecule has 38 heavy (non-hydrogen) atoms. The van der Waals surface area contributed by atoms with Crippen molar-refractivity contribution in [1.29, 1.82) is 5.26 Å². The lowest BCUT2D eigenvalue weighted by atomic mass is 9.95. The van der Waals surface area contributed by atoms with Gasteiger partial charge in [-0.1, -0.05) is 52.3 Å². The van der Waals surface area contributed by atoms with Crippen LogP contribution < -0.4 is 11.1 Å². The van der Waals surface area contributed by atoms with E-state index in [0.717, 1.165) is 53.4 Å². The summed E-state index contributed by atoms with van der Waals surface area (Å²) >= 11 is 0. The van der Waals surface area contributed by atoms with Crippen molar-refractivity contribution in [1.82, 2.24) is 14.9 Å². The van der Waals surface area contributed by atoms with Crippen LogP contribution in [0.4, 0.5) is 0 Å². The molecule has 3 aromatic rings. The number of nitriles is 1. The Morgan fingerprint density at radius 1 is 1.13 bits per heavy atom. The summed E-state index contributed by atoms with van der Waals surface area (Å²) in [6.45, 7) is 16.5. The van der Waals surface area contributed by atoms with Gasteiger partial charge in [-0.25, -0.2) is 4.98 Å². The molecule has 1 amide bonds. The summed E-state index contributed by atoms with van der Waals surface area (Å²) < 4.78 is 1.98. The maximum Gasteiger partial charge on any atom is 0.251 e. The van der Waals surface area contributed by atoms with Crippen LogP contribution in [0.5, 0.6) is 0 Å². The second kappa shape index (κ2) is 13.4. The van der Waals surface area contributed by atoms with Crippen LogP contribution in [0.1, 0.15) is 92.8 Å². The number of benzene rings is 2. The van der Waals surface area contributed by atoms with E-state index < -0.39 is 5.54 Å². The number of rotatable bonds is 8. The van der Waals surface area contributed by atoms with Gasteiger partial charge in [0.25, 0.3) is 5.91 Å². The first-order valence-corrected chi connectivity index (χ1v) is 13.5. The number of carbonyl (C=O) groups excluding carboxylic acids is 1. The van der Waals surface area contributed by atoms with Crippen LogP contribution in [0.15, 0.2) is 42.6 Å². The molecule has 3 N–H and O–H groups in total. The van der Waals surface area contributed by atoms with Gasteiger partial charge in [0.15, 0.2) is 0 Å². The van der Waals surface area contributed by atoms with Gasteiger partial charge in [-0.3, -0.25) is 4.79 Å². The van der Waals surface area contributed by atoms with Crippen molar-refractivity contribution in [3.63, 3.8) is 0 Å². The summed E-state index contributed by atoms with van der Waals surface area (Å²) in [6, 6.07) is 13.8. The number of nitrogens with zero attached hydrogens (tertiary/aromatic N) is 3. The molecule has 1 aromatic heterocycles. The summed E-state index contributed by atoms with van der Waals surface area (Å²) in [5, 5.41) is 12.5. The Balaban J connectivity index is 0.00000118. The van der Waals surface area contributed by atoms with Crippen molar-refractivity contribution in [3.05, 3.63) is 76.2 Å². The summed E-state index contributed by atoms with van der Waals surface area (Å²) in [5.41, 5.74) is 12.0. The zero-order chi connectivity index (χ0) is 28.6. The van der Waals surface area contributed by atoms with E-state index in [4.69, 9.17) is 10.7 Å². The van der Waals surface area contributed by atoms with E-state index in [1.54, 1.807) is 12.1 Å². The van der Waals surface area contributed by atoms with Crippen LogP contribution in [0.2, 0.25) is 0 Å². The van der Waals surface area contributed by atoms with Crippen molar-refractivity contribution < 1.29 is 4.79 Å². The third-order valence-corrected chi connectivity index (χ3v) is 6.15. The van der Waals surface area contributed by atoms with Crippen molar-refractivity contribution >= 4 is 5.91 Å². The smallest absolute Gasteiger partial charge is 0.251 e. The second-order valence-corrected chi connectivity index (χ2v) is 11.5. The number of amides is 1. The Kier molecular flexibility index (Phi) is 10.9. The highest BCUT2D eigenvalue weighted by Crippen LogP contribution is 2.25. The van der Waals surface area contributed by atoms with Gasteiger partial charge in [-0.05, 0) is 81.3 Å². The lowest BCUT2D eigenvalue weighted by Crippen LogP contribution is -2.36. The number of carbonyl (C=O) groups is 1. The molecule has 6 nitrogen and oxygen atoms in total. The predicted octanol–water partition coefficient (Wildman–Crippen LogP) is 6.57. The molecule has 0 saturated heterocycles. The summed E-state index contributed by atoms with van der Waals surface area (Å²) in [4.78, 5) is 17.7. The monoisotopic (exact) mass is 515 g/mol. The minimum absolute atomic E-state index is 0.00776. The Labute approximate surface area is 229 Å². The number of hydrogen-bond donors (Lipinski definition) is 2. The Bertz CT molecular complexity index is 1270. The molecule has 0 saturated carbocycles. The zero-order valence-electron chi connectivity index (χ0n) is 24.6. The Morgan fingerprint density at radius 2 is 1.79 bits per heavy atom. The summed E-state index contributed by atoms with van der Waals surface area (Å²) in [5.74, 6) is 1.53. The lowest BCUT2D eigenvalue weighted by Gasteiger charge is -2.20. The van der Waals surface area contributed by atoms with Gasteiger partial charge in [0.2, 0.25) is 0 Å². The number of imidazole rings is 1. The van der Waals surface area contributed by atoms with Gasteiger partial charge >= 0.3 is 0 Å². The number of nitrogens with one attached hydrogen (secondary N) is 1. The molecular formula is C32H45N5O. The number of nitrogens with two attached hydrogens (primary N) is 1. The average Bonchev–Trinajstić information content (AvgIpc) is 3.22. The van der Waals surface area contributed by atoms with Crippen molar-refractivity contribution in [2.45, 2.75) is 86.2 Å². The number of aryl methyl sites for hydroxylation is 3. The number of aromatic nitrogens is 2. The fourth-order valence-electron chi connectivity index (χ4n) is 4.28. The van der Waals surface area contributed by atoms with Gasteiger partial charge < -0.3 is 15.6 Å². The lowest BCUT2D eigenvalue weighted by molar-refractivity contribution is 0.0934. The van der Waals surface area contributed by atoms with Crippen LogP contribution in [-0.4, -0.2) is 21.5 Å². The molecule has 2 aromatic carbocycles. The maximum atomic E-state index is 12.9. The van der Waals surface area contributed by atoms with Crippen molar-refractivity contribution in [2.75, 3.05) is 0 Å². The van der Waals surface area contributed by atoms with Gasteiger partial charge in [0.05, 0.1) is 22.9 Å². The van der Waals surface area contributed by atoms with Crippen LogP contribution in [0, 0.1) is 31.1 Å². The third-order valence-electron chi connectivity index (χ3n) is 6.15. The molecule has 3 rings (SSSR count). The van der Waals surface area contributed by atoms with Gasteiger partial charge in [-0.15, -0.1) is 0 Å². The Hall–Kier alpha value is -3.43. The number of hydrogen-bond acceptors (Lipinski definition) is 4. The van der Waals surface area contributed by atoms with E-state index in [0.29, 0.717) is 11.1 Å². The van der Waals surface area contributed by atoms with E-state index in [1.807, 2.05) is 44.6 Å². The third kappa shape index (κ3) is 8.56. The van der Waals surface area contributed by atoms with E-state index in [9.17, 15) is 10.1 Å². The minimum Gasteiger partial charge on any atom is -0.349 e. The van der Waals surface area contributed by atoms with Crippen molar-refractivity contribution in [3.8, 4) is 17.3 Å². The molecule has 0 radical (unpaired) electrons. The molecule has 1 heterocycles. The molecule has 6 heteroatoms. The minimum atomic E-state index is -0.515. The Morgan fingerprint density at radius 3 is 2.32 bits per heavy atom. The largest absolute Gasteiger partial charge is 0.349 e. The summed E-state index contributed by atoms with van der Waals surface area (Å²) in [6.07, 6.45) is 4.59. The van der Waals surface area contributed by atoms with Crippen LogP contribution >= 0.6 is 0 Å². The molecule has 0 aliphatic carbocycles. The molecular weight excluding hydrogens is 470 g/mol. The van der Waals surface area contributed by atoms with E-state index in [-0.39, 0.29) is 11.9 Å². The van der Waals surface area contributed by atoms with E-state index >= 15 is 0 Å². The van der Waals surface area contributed by atoms with Gasteiger partial charge in [0.1, 0.15) is 5.82 Å². The first kappa shape index (κ1) is 30.8. The molecule has 1 unspecified atom stereocenters. The molecule has 0 fully saturated rings. The highest BCUT2D eigenvalue weighted by molar-refractivity contribution is 5.94. The normalized spacial score (nSPS) is 11.9. The zero-order valence-corrected chi connectivity index (χ0v) is 24.6. The molecule has 0 bridgehead atoms. The van der Waals surface area contributed by atoms with Gasteiger partial charge in [0, 0.05) is 30.4 Å². The molecule has 0 aliphatic heterocycles. The summed E-state index contributed by atoms with van der Waals surface area (Å²) in [7, 11) is 1.97. The highest BCUT2D eigenvalue weighted by atomic mass is 16.1. The van der Waals surface area contributed by atoms with E-state index in [2.05, 4.69) is 64.2 Å². The van der Waals surface area contributed by atoms with Crippen LogP contribution in [0.25, 0.3) is 11.3 Å². The fourth-order valence-corrected chi connectivity index (χ4v) is 4.28. The fraction of sp³-hybridized carbons (Fsp3) is 0.469. The van der Waals surface area contributed by atoms with Crippen LogP contribution in [0.3, 0.4) is 0 Å². The quantitative estimate of drug-likeness (QED) is 0.354. The molecule has 0 spiro atoms. The van der Waals surface area contributed by atoms with E-state index in [1.165, 1.54) is 5.56 Å². The highest BCUT2D eigenvalue weighted by Gasteiger charge is 2.22. The first-order chi connectivity index (χ1) is 17.8. The first-order valence-electron chi connectivity index (χ1n) is 13.5. The second-order valence-electron chi connectivity index (χ2n) is 11.5. The maximum absolute atomic E-state index is 12.9. The van der Waals surface area contributed by atoms with Gasteiger partial charge in [-0.2, -0.15) is 5.26 Å². The molecule has 0 aliphatic rings. The SMILES string of the molecule is CC(C)C.CCCC(Cc1ccc(-c2cn(C)c(C(C)(C)N)n2)cc1C)NC(=O)c1ccc(C)c(C#N)c1. The molecule has 204 valence electrons. The van der Waals surface area contributed by atoms with Crippen molar-refractivity contribution in [2.24, 2.45) is 18.7 Å². The molecule has 1 atom stereocenters. The predicted molar refractivity (Wildman–Crippen MR) is 157 cm³/mol. The van der Waals surface area contributed by atoms with Crippen LogP contribution in [-0.2, 0) is 19.0 Å². The standard InChI is InChI=1S/C28H35N5O.C4H10/c1-7-8-24(31-26(34)22-10-9-18(2)23(14-22)16-29)15-20-11-12-21(13-19(20)3)25-17-33(6)27(32-25)28(4,5)30;1-4(2)3/h9-14,17,24H,7-8,15,30H2,1-6H3,(H,31,34);4H,1-3H3.